The molecule has 1 heterocycles. The number of carbonyl (C=O) groups is 3. The summed E-state index contributed by atoms with van der Waals surface area (Å²) in [5.41, 5.74) is 0.541. The number of nitrogens with one attached hydrogen (secondary N) is 1. The van der Waals surface area contributed by atoms with Gasteiger partial charge in [-0.3, -0.25) is 9.59 Å². The predicted molar refractivity (Wildman–Crippen MR) is 117 cm³/mol. The third kappa shape index (κ3) is 7.02. The Bertz CT molecular complexity index is 806. The number of ether oxygens (including phenoxy) is 2. The third-order valence-electron chi connectivity index (χ3n) is 4.70. The van der Waals surface area contributed by atoms with Crippen molar-refractivity contribution < 1.29 is 23.9 Å². The lowest BCUT2D eigenvalue weighted by Gasteiger charge is -2.30. The second kappa shape index (κ2) is 10.3. The van der Waals surface area contributed by atoms with E-state index in [-0.39, 0.29) is 23.9 Å². The first kappa shape index (κ1) is 24.3. The summed E-state index contributed by atoms with van der Waals surface area (Å²) in [7, 11) is 2.53. The molecular formula is C21H31N4O6-. The van der Waals surface area contributed by atoms with Crippen molar-refractivity contribution in [2.45, 2.75) is 32.8 Å². The van der Waals surface area contributed by atoms with Gasteiger partial charge >= 0.3 is 12.1 Å². The summed E-state index contributed by atoms with van der Waals surface area (Å²) in [5, 5.41) is 15.0. The zero-order chi connectivity index (χ0) is 23.2. The number of benzene rings is 1. The SMILES string of the molecule is COC(=O)CNC(=O)c1cc(N2CCCN(C(=O)OC(C)(C)C)CC2)ccc1N(C)[O-]. The van der Waals surface area contributed by atoms with Crippen molar-refractivity contribution in [1.82, 2.24) is 10.2 Å². The Balaban J connectivity index is 2.16. The Kier molecular flexibility index (Phi) is 8.09. The minimum absolute atomic E-state index is 0.159. The summed E-state index contributed by atoms with van der Waals surface area (Å²) in [6.45, 7) is 7.46. The average Bonchev–Trinajstić information content (AvgIpc) is 2.96. The van der Waals surface area contributed by atoms with Crippen LogP contribution in [0.1, 0.15) is 37.6 Å². The van der Waals surface area contributed by atoms with Crippen LogP contribution in [-0.4, -0.2) is 75.4 Å². The van der Waals surface area contributed by atoms with Gasteiger partial charge in [-0.25, -0.2) is 4.79 Å². The molecule has 1 N–H and O–H groups in total. The van der Waals surface area contributed by atoms with Crippen LogP contribution < -0.4 is 15.3 Å². The Morgan fingerprint density at radius 1 is 1.16 bits per heavy atom. The van der Waals surface area contributed by atoms with Gasteiger partial charge in [-0.2, -0.15) is 0 Å². The molecule has 0 radical (unpaired) electrons. The number of carbonyl (C=O) groups excluding carboxylic acids is 3. The summed E-state index contributed by atoms with van der Waals surface area (Å²) in [6, 6.07) is 4.97. The van der Waals surface area contributed by atoms with Crippen molar-refractivity contribution >= 4 is 29.3 Å². The number of nitrogens with zero attached hydrogens (tertiary/aromatic N) is 3. The molecule has 0 saturated carbocycles. The van der Waals surface area contributed by atoms with Gasteiger partial charge in [0.25, 0.3) is 5.91 Å². The standard InChI is InChI=1S/C21H31N4O6/c1-21(2,3)31-20(28)25-10-6-9-24(11-12-25)15-7-8-17(23(4)29)16(13-15)19(27)22-14-18(26)30-5/h7-8,13H,6,9-12,14H2,1-5H3,(H,22,27)/q-1. The number of hydroxylamine groups is 1. The van der Waals surface area contributed by atoms with Crippen LogP contribution in [0.25, 0.3) is 0 Å². The van der Waals surface area contributed by atoms with Crippen LogP contribution in [0.4, 0.5) is 16.2 Å². The Morgan fingerprint density at radius 3 is 2.48 bits per heavy atom. The number of rotatable bonds is 5. The lowest BCUT2D eigenvalue weighted by Crippen LogP contribution is -2.39. The fourth-order valence-corrected chi connectivity index (χ4v) is 3.18. The van der Waals surface area contributed by atoms with E-state index in [1.165, 1.54) is 14.2 Å². The highest BCUT2D eigenvalue weighted by Gasteiger charge is 2.25. The van der Waals surface area contributed by atoms with Gasteiger partial charge in [0.05, 0.1) is 12.7 Å². The smallest absolute Gasteiger partial charge is 0.410 e. The van der Waals surface area contributed by atoms with Crippen LogP contribution >= 0.6 is 0 Å². The second-order valence-corrected chi connectivity index (χ2v) is 8.27. The zero-order valence-electron chi connectivity index (χ0n) is 18.8. The minimum Gasteiger partial charge on any atom is -0.758 e. The molecule has 1 aromatic rings. The molecule has 2 rings (SSSR count). The first-order valence-electron chi connectivity index (χ1n) is 10.1. The minimum atomic E-state index is -0.587. The monoisotopic (exact) mass is 435 g/mol. The summed E-state index contributed by atoms with van der Waals surface area (Å²) in [6.07, 6.45) is 0.382. The van der Waals surface area contributed by atoms with Gasteiger partial charge in [-0.1, -0.05) is 0 Å². The molecule has 172 valence electrons. The average molecular weight is 436 g/mol. The predicted octanol–water partition coefficient (Wildman–Crippen LogP) is 1.97. The van der Waals surface area contributed by atoms with Gasteiger partial charge in [0.2, 0.25) is 0 Å². The molecule has 0 aliphatic carbocycles. The highest BCUT2D eigenvalue weighted by atomic mass is 16.6. The molecule has 1 saturated heterocycles. The number of methoxy groups -OCH3 is 1. The van der Waals surface area contributed by atoms with Crippen molar-refractivity contribution in [3.8, 4) is 0 Å². The van der Waals surface area contributed by atoms with Crippen LogP contribution in [-0.2, 0) is 14.3 Å². The number of hydrogen-bond donors (Lipinski definition) is 1. The maximum Gasteiger partial charge on any atom is 0.410 e. The molecule has 31 heavy (non-hydrogen) atoms. The van der Waals surface area contributed by atoms with Gasteiger partial charge < -0.3 is 34.9 Å². The van der Waals surface area contributed by atoms with E-state index in [1.54, 1.807) is 23.1 Å². The third-order valence-corrected chi connectivity index (χ3v) is 4.70. The fraction of sp³-hybridized carbons (Fsp3) is 0.571. The van der Waals surface area contributed by atoms with Gasteiger partial charge in [0.15, 0.2) is 0 Å². The lowest BCUT2D eigenvalue weighted by molar-refractivity contribution is -0.139. The van der Waals surface area contributed by atoms with Gasteiger partial charge in [-0.05, 0) is 52.4 Å². The molecule has 10 heteroatoms. The Labute approximate surface area is 182 Å². The van der Waals surface area contributed by atoms with E-state index in [9.17, 15) is 19.6 Å². The van der Waals surface area contributed by atoms with Crippen LogP contribution in [0.15, 0.2) is 18.2 Å². The van der Waals surface area contributed by atoms with Crippen molar-refractivity contribution in [2.75, 3.05) is 56.8 Å². The normalized spacial score (nSPS) is 14.5. The van der Waals surface area contributed by atoms with E-state index < -0.39 is 17.5 Å². The van der Waals surface area contributed by atoms with Crippen LogP contribution in [0.3, 0.4) is 0 Å². The maximum absolute atomic E-state index is 12.6. The van der Waals surface area contributed by atoms with Crippen molar-refractivity contribution in [1.29, 1.82) is 0 Å². The quantitative estimate of drug-likeness (QED) is 0.551. The van der Waals surface area contributed by atoms with E-state index in [4.69, 9.17) is 4.74 Å². The first-order valence-corrected chi connectivity index (χ1v) is 10.1. The number of hydrogen-bond acceptors (Lipinski definition) is 8. The maximum atomic E-state index is 12.6. The summed E-state index contributed by atoms with van der Waals surface area (Å²) < 4.78 is 9.99. The molecule has 1 aliphatic heterocycles. The van der Waals surface area contributed by atoms with E-state index >= 15 is 0 Å². The molecule has 10 nitrogen and oxygen atoms in total. The molecule has 0 spiro atoms. The van der Waals surface area contributed by atoms with Crippen molar-refractivity contribution in [3.63, 3.8) is 0 Å². The highest BCUT2D eigenvalue weighted by molar-refractivity contribution is 6.02. The summed E-state index contributed by atoms with van der Waals surface area (Å²) in [5.74, 6) is -1.13. The van der Waals surface area contributed by atoms with E-state index in [0.717, 1.165) is 12.1 Å². The zero-order valence-corrected chi connectivity index (χ0v) is 18.8. The molecule has 2 amide bonds. The largest absolute Gasteiger partial charge is 0.758 e. The molecule has 1 aromatic carbocycles. The fourth-order valence-electron chi connectivity index (χ4n) is 3.18. The van der Waals surface area contributed by atoms with Gasteiger partial charge in [-0.15, -0.1) is 0 Å². The topological polar surface area (TPSA) is 114 Å². The highest BCUT2D eigenvalue weighted by Crippen LogP contribution is 2.26. The molecule has 0 unspecified atom stereocenters. The van der Waals surface area contributed by atoms with Crippen molar-refractivity contribution in [2.24, 2.45) is 0 Å². The first-order chi connectivity index (χ1) is 14.5. The Morgan fingerprint density at radius 2 is 1.87 bits per heavy atom. The van der Waals surface area contributed by atoms with Crippen LogP contribution in [0.5, 0.6) is 0 Å². The molecular weight excluding hydrogens is 404 g/mol. The summed E-state index contributed by atoms with van der Waals surface area (Å²) >= 11 is 0. The molecule has 0 bridgehead atoms. The molecule has 0 atom stereocenters. The number of esters is 1. The number of amides is 2. The second-order valence-electron chi connectivity index (χ2n) is 8.27. The molecule has 1 fully saturated rings. The van der Waals surface area contributed by atoms with E-state index in [0.29, 0.717) is 31.2 Å². The van der Waals surface area contributed by atoms with E-state index in [2.05, 4.69) is 15.0 Å². The Hall–Kier alpha value is -3.01. The van der Waals surface area contributed by atoms with Gasteiger partial charge in [0.1, 0.15) is 12.1 Å². The van der Waals surface area contributed by atoms with Crippen molar-refractivity contribution in [3.05, 3.63) is 29.0 Å². The number of anilines is 2. The molecule has 1 aliphatic rings. The lowest BCUT2D eigenvalue weighted by atomic mass is 10.1. The van der Waals surface area contributed by atoms with Gasteiger partial charge in [0, 0.05) is 37.6 Å². The summed E-state index contributed by atoms with van der Waals surface area (Å²) in [4.78, 5) is 40.0. The molecule has 0 aromatic heterocycles. The van der Waals surface area contributed by atoms with Crippen LogP contribution in [0.2, 0.25) is 0 Å². The van der Waals surface area contributed by atoms with E-state index in [1.807, 2.05) is 20.8 Å². The van der Waals surface area contributed by atoms with Crippen LogP contribution in [0, 0.1) is 5.21 Å².